The smallest absolute Gasteiger partial charge is 0.257 e. The summed E-state index contributed by atoms with van der Waals surface area (Å²) in [6, 6.07) is 20.8. The van der Waals surface area contributed by atoms with E-state index >= 15 is 0 Å². The molecule has 1 saturated heterocycles. The van der Waals surface area contributed by atoms with Crippen LogP contribution in [0.1, 0.15) is 28.8 Å². The summed E-state index contributed by atoms with van der Waals surface area (Å²) in [5.41, 5.74) is 3.28. The fraction of sp³-hybridized carbons (Fsp3) is 0.233. The van der Waals surface area contributed by atoms with Crippen molar-refractivity contribution in [1.82, 2.24) is 14.5 Å². The molecule has 39 heavy (non-hydrogen) atoms. The number of anilines is 1. The van der Waals surface area contributed by atoms with E-state index < -0.39 is 17.6 Å². The van der Waals surface area contributed by atoms with Crippen LogP contribution in [0.5, 0.6) is 0 Å². The van der Waals surface area contributed by atoms with Crippen LogP contribution >= 0.6 is 11.6 Å². The fourth-order valence-corrected chi connectivity index (χ4v) is 4.65. The number of aromatic nitrogens is 2. The highest BCUT2D eigenvalue weighted by atomic mass is 35.5. The number of hydrogen-bond donors (Lipinski definition) is 1. The lowest BCUT2D eigenvalue weighted by molar-refractivity contribution is -0.117. The first-order chi connectivity index (χ1) is 18.9. The molecule has 2 amide bonds. The molecule has 7 nitrogen and oxygen atoms in total. The van der Waals surface area contributed by atoms with E-state index in [4.69, 9.17) is 16.3 Å². The summed E-state index contributed by atoms with van der Waals surface area (Å²) in [6.07, 6.45) is 3.27. The Balaban J connectivity index is 1.42. The molecule has 4 aromatic rings. The average molecular weight is 547 g/mol. The molecular weight excluding hydrogens is 519 g/mol. The van der Waals surface area contributed by atoms with E-state index in [1.807, 2.05) is 49.5 Å². The number of halogens is 2. The van der Waals surface area contributed by atoms with E-state index in [-0.39, 0.29) is 24.8 Å². The molecule has 0 unspecified atom stereocenters. The van der Waals surface area contributed by atoms with Crippen LogP contribution in [-0.4, -0.2) is 52.1 Å². The minimum Gasteiger partial charge on any atom is -0.376 e. The Hall–Kier alpha value is -4.01. The predicted molar refractivity (Wildman–Crippen MR) is 149 cm³/mol. The zero-order valence-electron chi connectivity index (χ0n) is 21.4. The van der Waals surface area contributed by atoms with Gasteiger partial charge < -0.3 is 9.64 Å². The first-order valence-corrected chi connectivity index (χ1v) is 13.1. The molecule has 1 aliphatic rings. The van der Waals surface area contributed by atoms with Gasteiger partial charge in [0.15, 0.2) is 0 Å². The molecule has 1 aromatic heterocycles. The van der Waals surface area contributed by atoms with Crippen molar-refractivity contribution >= 4 is 29.4 Å². The predicted octanol–water partition coefficient (Wildman–Crippen LogP) is 5.90. The highest BCUT2D eigenvalue weighted by molar-refractivity contribution is 6.30. The molecule has 0 aliphatic carbocycles. The summed E-state index contributed by atoms with van der Waals surface area (Å²) >= 11 is 6.06. The molecule has 200 valence electrons. The maximum absolute atomic E-state index is 14.5. The summed E-state index contributed by atoms with van der Waals surface area (Å²) in [7, 11) is 0. The van der Waals surface area contributed by atoms with Crippen molar-refractivity contribution in [3.8, 4) is 16.9 Å². The molecular formula is C30H28ClFN4O3. The molecule has 9 heteroatoms. The van der Waals surface area contributed by atoms with E-state index in [9.17, 15) is 14.0 Å². The first-order valence-electron chi connectivity index (χ1n) is 12.7. The fourth-order valence-electron chi connectivity index (χ4n) is 4.53. The zero-order chi connectivity index (χ0) is 27.4. The monoisotopic (exact) mass is 546 g/mol. The second-order valence-corrected chi connectivity index (χ2v) is 9.95. The van der Waals surface area contributed by atoms with E-state index in [2.05, 4.69) is 10.3 Å². The molecule has 3 aromatic carbocycles. The van der Waals surface area contributed by atoms with Crippen LogP contribution in [0.2, 0.25) is 5.02 Å². The number of carbonyl (C=O) groups excluding carboxylic acids is 2. The number of benzene rings is 3. The van der Waals surface area contributed by atoms with Crippen molar-refractivity contribution in [1.29, 1.82) is 0 Å². The minimum atomic E-state index is -0.636. The van der Waals surface area contributed by atoms with Gasteiger partial charge >= 0.3 is 0 Å². The quantitative estimate of drug-likeness (QED) is 0.298. The van der Waals surface area contributed by atoms with Gasteiger partial charge in [0.25, 0.3) is 5.91 Å². The number of ether oxygens (including phenoxy) is 1. The van der Waals surface area contributed by atoms with Gasteiger partial charge in [-0.15, -0.1) is 0 Å². The highest BCUT2D eigenvalue weighted by Crippen LogP contribution is 2.26. The van der Waals surface area contributed by atoms with Crippen LogP contribution in [0.4, 0.5) is 10.3 Å². The van der Waals surface area contributed by atoms with Gasteiger partial charge in [0.1, 0.15) is 12.4 Å². The number of nitrogens with zero attached hydrogens (tertiary/aromatic N) is 3. The van der Waals surface area contributed by atoms with Crippen molar-refractivity contribution in [2.75, 3.05) is 25.0 Å². The van der Waals surface area contributed by atoms with Gasteiger partial charge in [0.05, 0.1) is 17.4 Å². The molecule has 0 radical (unpaired) electrons. The Labute approximate surface area is 231 Å². The van der Waals surface area contributed by atoms with Crippen LogP contribution in [0, 0.1) is 12.7 Å². The van der Waals surface area contributed by atoms with Gasteiger partial charge in [-0.05, 0) is 56.2 Å². The normalized spacial score (nSPS) is 14.8. The third-order valence-electron chi connectivity index (χ3n) is 6.58. The molecule has 0 spiro atoms. The standard InChI is InChI=1S/C30H28ClFN4O3/c1-20-8-14-23(15-9-20)36-18-27(21-10-12-22(31)13-11-21)33-30(36)34-28(37)19-35(17-24-5-4-16-39-24)29(38)25-6-2-3-7-26(25)32/h2-3,6-15,18,24H,4-5,16-17,19H2,1H3,(H,33,34,37)/t24-/m1/s1. The molecule has 1 fully saturated rings. The van der Waals surface area contributed by atoms with Gasteiger partial charge in [-0.3, -0.25) is 19.5 Å². The average Bonchev–Trinajstić information content (AvgIpc) is 3.59. The number of rotatable bonds is 8. The summed E-state index contributed by atoms with van der Waals surface area (Å²) in [6.45, 7) is 2.49. The molecule has 0 saturated carbocycles. The topological polar surface area (TPSA) is 76.5 Å². The maximum Gasteiger partial charge on any atom is 0.257 e. The molecule has 0 bridgehead atoms. The van der Waals surface area contributed by atoms with Gasteiger partial charge in [0.2, 0.25) is 11.9 Å². The third-order valence-corrected chi connectivity index (χ3v) is 6.84. The summed E-state index contributed by atoms with van der Waals surface area (Å²) in [5, 5.41) is 3.47. The second-order valence-electron chi connectivity index (χ2n) is 9.51. The number of amides is 2. The maximum atomic E-state index is 14.5. The number of nitrogens with one attached hydrogen (secondary N) is 1. The molecule has 2 heterocycles. The van der Waals surface area contributed by atoms with Crippen LogP contribution in [-0.2, 0) is 9.53 Å². The second kappa shape index (κ2) is 11.8. The lowest BCUT2D eigenvalue weighted by Crippen LogP contribution is -2.42. The Morgan fingerprint density at radius 3 is 2.54 bits per heavy atom. The van der Waals surface area contributed by atoms with Crippen molar-refractivity contribution in [3.05, 3.63) is 101 Å². The highest BCUT2D eigenvalue weighted by Gasteiger charge is 2.27. The van der Waals surface area contributed by atoms with E-state index in [1.165, 1.54) is 23.1 Å². The lowest BCUT2D eigenvalue weighted by atomic mass is 10.1. The van der Waals surface area contributed by atoms with Gasteiger partial charge in [-0.25, -0.2) is 9.37 Å². The molecule has 5 rings (SSSR count). The zero-order valence-corrected chi connectivity index (χ0v) is 22.2. The van der Waals surface area contributed by atoms with Crippen molar-refractivity contribution in [3.63, 3.8) is 0 Å². The van der Waals surface area contributed by atoms with E-state index in [0.29, 0.717) is 23.3 Å². The van der Waals surface area contributed by atoms with Crippen LogP contribution in [0.25, 0.3) is 16.9 Å². The van der Waals surface area contributed by atoms with Gasteiger partial charge in [-0.2, -0.15) is 0 Å². The van der Waals surface area contributed by atoms with Gasteiger partial charge in [0, 0.05) is 35.6 Å². The number of aryl methyl sites for hydroxylation is 1. The lowest BCUT2D eigenvalue weighted by Gasteiger charge is -2.25. The van der Waals surface area contributed by atoms with Crippen LogP contribution in [0.3, 0.4) is 0 Å². The van der Waals surface area contributed by atoms with Crippen LogP contribution < -0.4 is 5.32 Å². The van der Waals surface area contributed by atoms with Crippen molar-refractivity contribution < 1.29 is 18.7 Å². The first kappa shape index (κ1) is 26.6. The SMILES string of the molecule is Cc1ccc(-n2cc(-c3ccc(Cl)cc3)nc2NC(=O)CN(C[C@H]2CCCO2)C(=O)c2ccccc2F)cc1. The summed E-state index contributed by atoms with van der Waals surface area (Å²) < 4.78 is 21.9. The number of imidazole rings is 1. The largest absolute Gasteiger partial charge is 0.376 e. The molecule has 1 N–H and O–H groups in total. The summed E-state index contributed by atoms with van der Waals surface area (Å²) in [5.74, 6) is -1.37. The minimum absolute atomic E-state index is 0.0884. The van der Waals surface area contributed by atoms with E-state index in [0.717, 1.165) is 29.7 Å². The van der Waals surface area contributed by atoms with Crippen molar-refractivity contribution in [2.45, 2.75) is 25.9 Å². The molecule has 1 aliphatic heterocycles. The summed E-state index contributed by atoms with van der Waals surface area (Å²) in [4.78, 5) is 32.6. The van der Waals surface area contributed by atoms with E-state index in [1.54, 1.807) is 22.8 Å². The molecule has 1 atom stereocenters. The Morgan fingerprint density at radius 1 is 1.10 bits per heavy atom. The Kier molecular flexibility index (Phi) is 8.05. The van der Waals surface area contributed by atoms with Crippen molar-refractivity contribution in [2.24, 2.45) is 0 Å². The Bertz CT molecular complexity index is 1460. The third kappa shape index (κ3) is 6.35. The van der Waals surface area contributed by atoms with Gasteiger partial charge in [-0.1, -0.05) is 53.6 Å². The number of carbonyl (C=O) groups is 2. The van der Waals surface area contributed by atoms with Crippen LogP contribution in [0.15, 0.2) is 79.0 Å². The number of hydrogen-bond acceptors (Lipinski definition) is 4. The Morgan fingerprint density at radius 2 is 1.85 bits per heavy atom.